The average Bonchev–Trinajstić information content (AvgIpc) is 2.75. The van der Waals surface area contributed by atoms with Crippen LogP contribution in [0.4, 0.5) is 0 Å². The van der Waals surface area contributed by atoms with Gasteiger partial charge >= 0.3 is 11.9 Å². The van der Waals surface area contributed by atoms with E-state index in [9.17, 15) is 14.4 Å². The number of amides is 1. The first-order valence-corrected chi connectivity index (χ1v) is 9.82. The zero-order valence-electron chi connectivity index (χ0n) is 17.3. The summed E-state index contributed by atoms with van der Waals surface area (Å²) in [7, 11) is 3.10. The lowest BCUT2D eigenvalue weighted by Crippen LogP contribution is -2.50. The summed E-state index contributed by atoms with van der Waals surface area (Å²) in [4.78, 5) is 38.0. The van der Waals surface area contributed by atoms with Crippen molar-refractivity contribution in [3.05, 3.63) is 23.8 Å². The maximum absolute atomic E-state index is 12.5. The Labute approximate surface area is 171 Å². The minimum atomic E-state index is -0.596. The fraction of sp³-hybridized carbons (Fsp3) is 0.571. The molecule has 1 saturated heterocycles. The van der Waals surface area contributed by atoms with Gasteiger partial charge in [0, 0.05) is 13.0 Å². The highest BCUT2D eigenvalue weighted by atomic mass is 16.5. The van der Waals surface area contributed by atoms with Gasteiger partial charge in [-0.25, -0.2) is 4.79 Å². The van der Waals surface area contributed by atoms with Crippen molar-refractivity contribution in [2.75, 3.05) is 34.0 Å². The minimum Gasteiger partial charge on any atom is -0.493 e. The van der Waals surface area contributed by atoms with Crippen LogP contribution in [0.25, 0.3) is 0 Å². The lowest BCUT2D eigenvalue weighted by molar-refractivity contribution is -0.160. The van der Waals surface area contributed by atoms with Crippen LogP contribution in [-0.2, 0) is 30.3 Å². The third-order valence-corrected chi connectivity index (χ3v) is 4.80. The summed E-state index contributed by atoms with van der Waals surface area (Å²) in [5, 5.41) is 0. The van der Waals surface area contributed by atoms with Crippen LogP contribution in [-0.4, -0.2) is 62.8 Å². The Morgan fingerprint density at radius 3 is 2.52 bits per heavy atom. The largest absolute Gasteiger partial charge is 0.493 e. The Kier molecular flexibility index (Phi) is 8.76. The third kappa shape index (κ3) is 6.37. The number of likely N-dealkylation sites (tertiary alicyclic amines) is 1. The molecule has 29 heavy (non-hydrogen) atoms. The van der Waals surface area contributed by atoms with E-state index in [1.165, 1.54) is 4.90 Å². The van der Waals surface area contributed by atoms with Crippen LogP contribution in [0.5, 0.6) is 11.5 Å². The molecule has 1 aromatic carbocycles. The minimum absolute atomic E-state index is 0.129. The molecule has 2 rings (SSSR count). The number of hydrogen-bond donors (Lipinski definition) is 0. The number of benzene rings is 1. The second kappa shape index (κ2) is 11.3. The van der Waals surface area contributed by atoms with E-state index in [4.69, 9.17) is 18.9 Å². The smallest absolute Gasteiger partial charge is 0.328 e. The van der Waals surface area contributed by atoms with Crippen LogP contribution in [0.1, 0.15) is 38.2 Å². The second-order valence-corrected chi connectivity index (χ2v) is 6.70. The Bertz CT molecular complexity index is 719. The maximum Gasteiger partial charge on any atom is 0.328 e. The maximum atomic E-state index is 12.5. The fourth-order valence-corrected chi connectivity index (χ4v) is 3.29. The molecule has 1 fully saturated rings. The number of carbonyl (C=O) groups is 3. The molecule has 8 nitrogen and oxygen atoms in total. The third-order valence-electron chi connectivity index (χ3n) is 4.80. The van der Waals surface area contributed by atoms with E-state index in [1.54, 1.807) is 33.3 Å². The molecule has 0 N–H and O–H groups in total. The standard InChI is InChI=1S/C21H29NO7/c1-4-28-21(25)16-7-5-6-12-22(16)19(23)14-29-20(24)11-9-15-8-10-17(26-2)18(13-15)27-3/h8,10,13,16H,4-7,9,11-12,14H2,1-3H3. The first-order chi connectivity index (χ1) is 14.0. The van der Waals surface area contributed by atoms with E-state index in [0.29, 0.717) is 30.9 Å². The van der Waals surface area contributed by atoms with Gasteiger partial charge in [0.05, 0.1) is 20.8 Å². The summed E-state index contributed by atoms with van der Waals surface area (Å²) in [6.45, 7) is 2.09. The van der Waals surface area contributed by atoms with Crippen LogP contribution in [0, 0.1) is 0 Å². The topological polar surface area (TPSA) is 91.4 Å². The molecule has 0 aromatic heterocycles. The lowest BCUT2D eigenvalue weighted by atomic mass is 10.0. The molecule has 0 saturated carbocycles. The first-order valence-electron chi connectivity index (χ1n) is 9.82. The van der Waals surface area contributed by atoms with Crippen LogP contribution in [0.3, 0.4) is 0 Å². The highest BCUT2D eigenvalue weighted by molar-refractivity contribution is 5.86. The van der Waals surface area contributed by atoms with E-state index < -0.39 is 18.0 Å². The summed E-state index contributed by atoms with van der Waals surface area (Å²) >= 11 is 0. The van der Waals surface area contributed by atoms with Crippen molar-refractivity contribution in [3.8, 4) is 11.5 Å². The van der Waals surface area contributed by atoms with E-state index in [2.05, 4.69) is 0 Å². The number of nitrogens with zero attached hydrogens (tertiary/aromatic N) is 1. The molecule has 1 unspecified atom stereocenters. The Morgan fingerprint density at radius 1 is 1.07 bits per heavy atom. The summed E-state index contributed by atoms with van der Waals surface area (Å²) in [5.74, 6) is -0.0499. The van der Waals surface area contributed by atoms with Gasteiger partial charge in [-0.2, -0.15) is 0 Å². The Hall–Kier alpha value is -2.77. The van der Waals surface area contributed by atoms with Gasteiger partial charge in [0.15, 0.2) is 18.1 Å². The molecular weight excluding hydrogens is 378 g/mol. The van der Waals surface area contributed by atoms with Crippen molar-refractivity contribution in [2.24, 2.45) is 0 Å². The van der Waals surface area contributed by atoms with Gasteiger partial charge in [-0.05, 0) is 50.3 Å². The molecule has 1 amide bonds. The summed E-state index contributed by atoms with van der Waals surface area (Å²) < 4.78 is 20.6. The fourth-order valence-electron chi connectivity index (χ4n) is 3.29. The zero-order chi connectivity index (χ0) is 21.2. The normalized spacial score (nSPS) is 16.1. The Morgan fingerprint density at radius 2 is 1.83 bits per heavy atom. The van der Waals surface area contributed by atoms with Crippen molar-refractivity contribution >= 4 is 17.8 Å². The van der Waals surface area contributed by atoms with E-state index in [-0.39, 0.29) is 25.5 Å². The number of aryl methyl sites for hydroxylation is 1. The highest BCUT2D eigenvalue weighted by Crippen LogP contribution is 2.28. The molecule has 0 spiro atoms. The van der Waals surface area contributed by atoms with E-state index in [0.717, 1.165) is 18.4 Å². The van der Waals surface area contributed by atoms with Crippen molar-refractivity contribution in [1.29, 1.82) is 0 Å². The highest BCUT2D eigenvalue weighted by Gasteiger charge is 2.33. The molecule has 0 radical (unpaired) electrons. The zero-order valence-corrected chi connectivity index (χ0v) is 17.3. The van der Waals surface area contributed by atoms with E-state index in [1.807, 2.05) is 6.07 Å². The van der Waals surface area contributed by atoms with Crippen molar-refractivity contribution in [3.63, 3.8) is 0 Å². The van der Waals surface area contributed by atoms with Gasteiger partial charge in [0.2, 0.25) is 0 Å². The first kappa shape index (κ1) is 22.5. The van der Waals surface area contributed by atoms with Crippen LogP contribution in [0.15, 0.2) is 18.2 Å². The molecule has 0 aliphatic carbocycles. The van der Waals surface area contributed by atoms with Gasteiger partial charge in [-0.1, -0.05) is 6.07 Å². The molecule has 1 heterocycles. The van der Waals surface area contributed by atoms with Gasteiger partial charge in [0.25, 0.3) is 5.91 Å². The molecule has 8 heteroatoms. The molecule has 160 valence electrons. The van der Waals surface area contributed by atoms with Gasteiger partial charge in [0.1, 0.15) is 6.04 Å². The van der Waals surface area contributed by atoms with Crippen molar-refractivity contribution < 1.29 is 33.3 Å². The second-order valence-electron chi connectivity index (χ2n) is 6.70. The molecule has 1 aromatic rings. The van der Waals surface area contributed by atoms with Gasteiger partial charge < -0.3 is 23.8 Å². The average molecular weight is 407 g/mol. The lowest BCUT2D eigenvalue weighted by Gasteiger charge is -2.33. The summed E-state index contributed by atoms with van der Waals surface area (Å²) in [6.07, 6.45) is 2.82. The SMILES string of the molecule is CCOC(=O)C1CCCCN1C(=O)COC(=O)CCc1ccc(OC)c(OC)c1. The number of rotatable bonds is 9. The van der Waals surface area contributed by atoms with Crippen molar-refractivity contribution in [1.82, 2.24) is 4.90 Å². The van der Waals surface area contributed by atoms with Crippen LogP contribution >= 0.6 is 0 Å². The molecule has 1 aliphatic rings. The Balaban J connectivity index is 1.83. The monoisotopic (exact) mass is 407 g/mol. The quantitative estimate of drug-likeness (QED) is 0.579. The predicted molar refractivity (Wildman–Crippen MR) is 105 cm³/mol. The van der Waals surface area contributed by atoms with Crippen LogP contribution < -0.4 is 9.47 Å². The molecule has 1 atom stereocenters. The number of piperidine rings is 1. The summed E-state index contributed by atoms with van der Waals surface area (Å²) in [6, 6.07) is 4.82. The number of esters is 2. The molecule has 0 bridgehead atoms. The number of ether oxygens (including phenoxy) is 4. The predicted octanol–water partition coefficient (Wildman–Crippen LogP) is 2.12. The number of carbonyl (C=O) groups excluding carboxylic acids is 3. The van der Waals surface area contributed by atoms with Crippen LogP contribution in [0.2, 0.25) is 0 Å². The molecular formula is C21H29NO7. The van der Waals surface area contributed by atoms with E-state index >= 15 is 0 Å². The van der Waals surface area contributed by atoms with Gasteiger partial charge in [-0.15, -0.1) is 0 Å². The van der Waals surface area contributed by atoms with Gasteiger partial charge in [-0.3, -0.25) is 9.59 Å². The molecule has 1 aliphatic heterocycles. The number of hydrogen-bond acceptors (Lipinski definition) is 7. The van der Waals surface area contributed by atoms with Crippen molar-refractivity contribution in [2.45, 2.75) is 45.1 Å². The number of methoxy groups -OCH3 is 2. The summed E-state index contributed by atoms with van der Waals surface area (Å²) in [5.41, 5.74) is 0.893.